The highest BCUT2D eigenvalue weighted by Crippen LogP contribution is 2.28. The van der Waals surface area contributed by atoms with Gasteiger partial charge in [0.2, 0.25) is 0 Å². The van der Waals surface area contributed by atoms with Gasteiger partial charge in [0.15, 0.2) is 11.0 Å². The van der Waals surface area contributed by atoms with Crippen LogP contribution in [0.3, 0.4) is 0 Å². The minimum atomic E-state index is -0.255. The third kappa shape index (κ3) is 6.86. The Morgan fingerprint density at radius 3 is 2.54 bits per heavy atom. The topological polar surface area (TPSA) is 90.6 Å². The molecule has 0 saturated carbocycles. The average molecular weight is 514 g/mol. The van der Waals surface area contributed by atoms with Crippen molar-refractivity contribution >= 4 is 30.0 Å². The zero-order chi connectivity index (χ0) is 25.9. The standard InChI is InChI=1S/C28H27N5O3S/c1-3-36-24-17-15-23(16-18-24)33-27(22-11-5-4-6-12-22)31-32-28(33)37-20-26(34)30-29-19-9-13-21-10-7-8-14-25(21)35-2/h4-19H,3,20H2,1-2H3,(H,30,34)/b13-9+,29-19+. The molecule has 1 N–H and O–H groups in total. The predicted octanol–water partition coefficient (Wildman–Crippen LogP) is 5.25. The molecule has 0 unspecified atom stereocenters. The van der Waals surface area contributed by atoms with Crippen molar-refractivity contribution in [2.75, 3.05) is 19.5 Å². The smallest absolute Gasteiger partial charge is 0.250 e. The SMILES string of the molecule is CCOc1ccc(-n2c(SCC(=O)N/N=C/C=C/c3ccccc3OC)nnc2-c2ccccc2)cc1. The van der Waals surface area contributed by atoms with Crippen LogP contribution >= 0.6 is 11.8 Å². The van der Waals surface area contributed by atoms with Gasteiger partial charge >= 0.3 is 0 Å². The summed E-state index contributed by atoms with van der Waals surface area (Å²) < 4.78 is 12.8. The Hall–Kier alpha value is -4.37. The molecule has 0 fully saturated rings. The molecule has 0 spiro atoms. The van der Waals surface area contributed by atoms with Gasteiger partial charge in [-0.2, -0.15) is 5.10 Å². The molecule has 1 amide bonds. The Labute approximate surface area is 220 Å². The molecule has 9 heteroatoms. The van der Waals surface area contributed by atoms with Crippen LogP contribution < -0.4 is 14.9 Å². The molecule has 0 aliphatic rings. The van der Waals surface area contributed by atoms with Crippen LogP contribution in [0.15, 0.2) is 95.2 Å². The maximum absolute atomic E-state index is 12.4. The van der Waals surface area contributed by atoms with Crippen LogP contribution in [0.2, 0.25) is 0 Å². The number of para-hydroxylation sites is 1. The number of carbonyl (C=O) groups excluding carboxylic acids is 1. The molecule has 3 aromatic carbocycles. The summed E-state index contributed by atoms with van der Waals surface area (Å²) in [5, 5.41) is 13.4. The number of nitrogens with zero attached hydrogens (tertiary/aromatic N) is 4. The zero-order valence-electron chi connectivity index (χ0n) is 20.6. The van der Waals surface area contributed by atoms with E-state index < -0.39 is 0 Å². The van der Waals surface area contributed by atoms with Crippen LogP contribution in [-0.2, 0) is 4.79 Å². The predicted molar refractivity (Wildman–Crippen MR) is 147 cm³/mol. The highest BCUT2D eigenvalue weighted by Gasteiger charge is 2.17. The molecule has 0 aliphatic carbocycles. The van der Waals surface area contributed by atoms with Crippen LogP contribution in [0, 0.1) is 0 Å². The van der Waals surface area contributed by atoms with Crippen molar-refractivity contribution in [1.82, 2.24) is 20.2 Å². The summed E-state index contributed by atoms with van der Waals surface area (Å²) in [5.41, 5.74) is 5.25. The van der Waals surface area contributed by atoms with Gasteiger partial charge in [-0.05, 0) is 49.4 Å². The number of allylic oxidation sites excluding steroid dienone is 1. The van der Waals surface area contributed by atoms with Gasteiger partial charge in [0.1, 0.15) is 11.5 Å². The van der Waals surface area contributed by atoms with Gasteiger partial charge in [-0.25, -0.2) is 5.43 Å². The third-order valence-corrected chi connectivity index (χ3v) is 6.10. The van der Waals surface area contributed by atoms with Crippen molar-refractivity contribution in [3.63, 3.8) is 0 Å². The molecular weight excluding hydrogens is 486 g/mol. The number of nitrogens with one attached hydrogen (secondary N) is 1. The van der Waals surface area contributed by atoms with Gasteiger partial charge in [0.05, 0.1) is 19.5 Å². The zero-order valence-corrected chi connectivity index (χ0v) is 21.4. The molecule has 0 saturated heterocycles. The van der Waals surface area contributed by atoms with E-state index in [1.165, 1.54) is 18.0 Å². The van der Waals surface area contributed by atoms with Gasteiger partial charge in [-0.15, -0.1) is 10.2 Å². The second-order valence-corrected chi connectivity index (χ2v) is 8.58. The minimum absolute atomic E-state index is 0.123. The lowest BCUT2D eigenvalue weighted by molar-refractivity contribution is -0.118. The van der Waals surface area contributed by atoms with E-state index in [1.807, 2.05) is 96.4 Å². The number of rotatable bonds is 11. The lowest BCUT2D eigenvalue weighted by atomic mass is 10.2. The van der Waals surface area contributed by atoms with Crippen molar-refractivity contribution in [1.29, 1.82) is 0 Å². The van der Waals surface area contributed by atoms with Crippen molar-refractivity contribution in [3.8, 4) is 28.6 Å². The van der Waals surface area contributed by atoms with Crippen LogP contribution in [0.5, 0.6) is 11.5 Å². The van der Waals surface area contributed by atoms with Crippen molar-refractivity contribution in [3.05, 3.63) is 90.5 Å². The Morgan fingerprint density at radius 2 is 1.78 bits per heavy atom. The van der Waals surface area contributed by atoms with E-state index >= 15 is 0 Å². The van der Waals surface area contributed by atoms with E-state index in [4.69, 9.17) is 9.47 Å². The largest absolute Gasteiger partial charge is 0.496 e. The summed E-state index contributed by atoms with van der Waals surface area (Å²) in [5.74, 6) is 2.10. The first-order valence-corrected chi connectivity index (χ1v) is 12.7. The fourth-order valence-electron chi connectivity index (χ4n) is 3.49. The van der Waals surface area contributed by atoms with Crippen LogP contribution in [0.25, 0.3) is 23.2 Å². The fourth-order valence-corrected chi connectivity index (χ4v) is 4.24. The Kier molecular flexibility index (Phi) is 9.09. The molecule has 0 radical (unpaired) electrons. The summed E-state index contributed by atoms with van der Waals surface area (Å²) in [6.45, 7) is 2.54. The van der Waals surface area contributed by atoms with E-state index in [2.05, 4.69) is 20.7 Å². The van der Waals surface area contributed by atoms with Gasteiger partial charge in [-0.3, -0.25) is 9.36 Å². The number of hydrazone groups is 1. The van der Waals surface area contributed by atoms with Gasteiger partial charge in [0, 0.05) is 23.0 Å². The van der Waals surface area contributed by atoms with E-state index in [1.54, 1.807) is 13.2 Å². The normalized spacial score (nSPS) is 11.2. The summed E-state index contributed by atoms with van der Waals surface area (Å²) in [6, 6.07) is 25.2. The summed E-state index contributed by atoms with van der Waals surface area (Å²) in [7, 11) is 1.62. The fraction of sp³-hybridized carbons (Fsp3) is 0.143. The molecular formula is C28H27N5O3S. The molecule has 1 aromatic heterocycles. The monoisotopic (exact) mass is 513 g/mol. The molecule has 4 aromatic rings. The van der Waals surface area contributed by atoms with Crippen molar-refractivity contribution in [2.24, 2.45) is 5.10 Å². The number of methoxy groups -OCH3 is 1. The van der Waals surface area contributed by atoms with Crippen molar-refractivity contribution in [2.45, 2.75) is 12.1 Å². The van der Waals surface area contributed by atoms with E-state index in [9.17, 15) is 4.79 Å². The lowest BCUT2D eigenvalue weighted by Gasteiger charge is -2.11. The van der Waals surface area contributed by atoms with Crippen LogP contribution in [0.1, 0.15) is 12.5 Å². The Bertz CT molecular complexity index is 1370. The second-order valence-electron chi connectivity index (χ2n) is 7.64. The number of benzene rings is 3. The quantitative estimate of drug-likeness (QED) is 0.167. The highest BCUT2D eigenvalue weighted by molar-refractivity contribution is 7.99. The first-order valence-electron chi connectivity index (χ1n) is 11.7. The maximum Gasteiger partial charge on any atom is 0.250 e. The number of hydrogen-bond donors (Lipinski definition) is 1. The number of ether oxygens (including phenoxy) is 2. The third-order valence-electron chi connectivity index (χ3n) is 5.17. The minimum Gasteiger partial charge on any atom is -0.496 e. The molecule has 0 bridgehead atoms. The number of carbonyl (C=O) groups is 1. The molecule has 1 heterocycles. The molecule has 8 nitrogen and oxygen atoms in total. The number of hydrogen-bond acceptors (Lipinski definition) is 7. The van der Waals surface area contributed by atoms with E-state index in [-0.39, 0.29) is 11.7 Å². The van der Waals surface area contributed by atoms with E-state index in [0.29, 0.717) is 17.6 Å². The van der Waals surface area contributed by atoms with Crippen molar-refractivity contribution < 1.29 is 14.3 Å². The molecule has 37 heavy (non-hydrogen) atoms. The number of thioether (sulfide) groups is 1. The number of aromatic nitrogens is 3. The molecule has 0 aliphatic heterocycles. The summed E-state index contributed by atoms with van der Waals surface area (Å²) in [4.78, 5) is 12.4. The lowest BCUT2D eigenvalue weighted by Crippen LogP contribution is -2.19. The summed E-state index contributed by atoms with van der Waals surface area (Å²) in [6.07, 6.45) is 5.11. The van der Waals surface area contributed by atoms with Crippen LogP contribution in [-0.4, -0.2) is 46.4 Å². The van der Waals surface area contributed by atoms with Gasteiger partial charge < -0.3 is 9.47 Å². The van der Waals surface area contributed by atoms with Gasteiger partial charge in [-0.1, -0.05) is 60.3 Å². The Morgan fingerprint density at radius 1 is 1.03 bits per heavy atom. The maximum atomic E-state index is 12.4. The highest BCUT2D eigenvalue weighted by atomic mass is 32.2. The Balaban J connectivity index is 1.43. The first kappa shape index (κ1) is 25.7. The average Bonchev–Trinajstić information content (AvgIpc) is 3.37. The van der Waals surface area contributed by atoms with Crippen LogP contribution in [0.4, 0.5) is 0 Å². The number of amides is 1. The molecule has 0 atom stereocenters. The molecule has 188 valence electrons. The first-order chi connectivity index (χ1) is 18.2. The molecule has 4 rings (SSSR count). The summed E-state index contributed by atoms with van der Waals surface area (Å²) >= 11 is 1.28. The second kappa shape index (κ2) is 13.1. The van der Waals surface area contributed by atoms with E-state index in [0.717, 1.165) is 28.3 Å². The van der Waals surface area contributed by atoms with Gasteiger partial charge in [0.25, 0.3) is 5.91 Å².